The average Bonchev–Trinajstić information content (AvgIpc) is 2.88. The predicted molar refractivity (Wildman–Crippen MR) is 90.8 cm³/mol. The molecule has 5 heteroatoms. The Bertz CT molecular complexity index is 605. The summed E-state index contributed by atoms with van der Waals surface area (Å²) in [6.07, 6.45) is 1.94. The Labute approximate surface area is 135 Å². The molecular weight excluding hydrogens is 304 g/mol. The Hall–Kier alpha value is -1.26. The monoisotopic (exact) mass is 324 g/mol. The minimum Gasteiger partial charge on any atom is -0.492 e. The highest BCUT2D eigenvalue weighted by Gasteiger charge is 2.17. The smallest absolute Gasteiger partial charge is 0.138 e. The lowest BCUT2D eigenvalue weighted by Crippen LogP contribution is -2.09. The zero-order valence-electron chi connectivity index (χ0n) is 12.9. The largest absolute Gasteiger partial charge is 0.492 e. The molecule has 1 N–H and O–H groups in total. The number of nitrogens with zero attached hydrogens (tertiary/aromatic N) is 1. The maximum absolute atomic E-state index is 6.18. The Morgan fingerprint density at radius 2 is 2.10 bits per heavy atom. The summed E-state index contributed by atoms with van der Waals surface area (Å²) < 4.78 is 5.43. The van der Waals surface area contributed by atoms with E-state index in [1.165, 1.54) is 4.88 Å². The summed E-state index contributed by atoms with van der Waals surface area (Å²) in [5.74, 6) is 0.720. The van der Waals surface area contributed by atoms with Crippen LogP contribution in [0.3, 0.4) is 0 Å². The number of rotatable bonds is 5. The van der Waals surface area contributed by atoms with E-state index in [0.717, 1.165) is 23.0 Å². The quantitative estimate of drug-likeness (QED) is 0.830. The van der Waals surface area contributed by atoms with Gasteiger partial charge in [-0.15, -0.1) is 11.3 Å². The van der Waals surface area contributed by atoms with E-state index in [1.54, 1.807) is 11.3 Å². The van der Waals surface area contributed by atoms with Crippen LogP contribution in [0, 0.1) is 0 Å². The number of thiazole rings is 1. The molecule has 0 bridgehead atoms. The van der Waals surface area contributed by atoms with E-state index in [0.29, 0.717) is 11.6 Å². The molecule has 3 nitrogen and oxygen atoms in total. The molecule has 0 atom stereocenters. The second kappa shape index (κ2) is 6.67. The van der Waals surface area contributed by atoms with Crippen molar-refractivity contribution in [3.63, 3.8) is 0 Å². The molecule has 0 spiro atoms. The highest BCUT2D eigenvalue weighted by molar-refractivity contribution is 7.11. The molecule has 2 rings (SSSR count). The average molecular weight is 325 g/mol. The lowest BCUT2D eigenvalue weighted by molar-refractivity contribution is 0.340. The molecule has 0 amide bonds. The zero-order chi connectivity index (χ0) is 15.5. The Kier molecular flexibility index (Phi) is 5.12. The van der Waals surface area contributed by atoms with Crippen molar-refractivity contribution in [3.05, 3.63) is 39.3 Å². The fourth-order valence-electron chi connectivity index (χ4n) is 1.81. The molecule has 0 unspecified atom stereocenters. The van der Waals surface area contributed by atoms with Crippen molar-refractivity contribution in [1.82, 2.24) is 4.98 Å². The first-order valence-corrected chi connectivity index (χ1v) is 8.21. The third-order valence-corrected chi connectivity index (χ3v) is 4.61. The fourth-order valence-corrected chi connectivity index (χ4v) is 2.95. The molecule has 21 heavy (non-hydrogen) atoms. The highest BCUT2D eigenvalue weighted by Crippen LogP contribution is 2.29. The molecule has 0 aliphatic carbocycles. The van der Waals surface area contributed by atoms with Crippen LogP contribution in [-0.4, -0.2) is 11.6 Å². The number of anilines is 1. The van der Waals surface area contributed by atoms with Gasteiger partial charge in [-0.25, -0.2) is 4.98 Å². The van der Waals surface area contributed by atoms with E-state index in [4.69, 9.17) is 16.3 Å². The van der Waals surface area contributed by atoms with Crippen LogP contribution in [0.1, 0.15) is 37.6 Å². The van der Waals surface area contributed by atoms with E-state index in [9.17, 15) is 0 Å². The van der Waals surface area contributed by atoms with Gasteiger partial charge in [-0.1, -0.05) is 32.4 Å². The van der Waals surface area contributed by atoms with E-state index < -0.39 is 0 Å². The third-order valence-electron chi connectivity index (χ3n) is 2.89. The predicted octanol–water partition coefficient (Wildman–Crippen LogP) is 5.10. The topological polar surface area (TPSA) is 34.1 Å². The summed E-state index contributed by atoms with van der Waals surface area (Å²) in [5.41, 5.74) is 1.08. The van der Waals surface area contributed by atoms with Crippen LogP contribution in [0.2, 0.25) is 5.02 Å². The van der Waals surface area contributed by atoms with Gasteiger partial charge in [-0.3, -0.25) is 0 Å². The van der Waals surface area contributed by atoms with E-state index in [2.05, 4.69) is 31.1 Å². The molecule has 0 aliphatic rings. The van der Waals surface area contributed by atoms with Crippen LogP contribution in [0.4, 0.5) is 5.69 Å². The summed E-state index contributed by atoms with van der Waals surface area (Å²) in [6, 6.07) is 5.75. The molecule has 114 valence electrons. The minimum absolute atomic E-state index is 0.103. The summed E-state index contributed by atoms with van der Waals surface area (Å²) >= 11 is 7.92. The number of aromatic nitrogens is 1. The van der Waals surface area contributed by atoms with Gasteiger partial charge in [0.25, 0.3) is 0 Å². The van der Waals surface area contributed by atoms with Crippen molar-refractivity contribution < 1.29 is 4.74 Å². The second-order valence-electron chi connectivity index (χ2n) is 5.81. The first-order valence-electron chi connectivity index (χ1n) is 7.01. The molecule has 0 fully saturated rings. The van der Waals surface area contributed by atoms with Crippen LogP contribution in [0.25, 0.3) is 0 Å². The first kappa shape index (κ1) is 16.1. The molecule has 2 aromatic rings. The fraction of sp³-hybridized carbons (Fsp3) is 0.438. The van der Waals surface area contributed by atoms with E-state index in [1.807, 2.05) is 31.3 Å². The van der Waals surface area contributed by atoms with Crippen LogP contribution in [-0.2, 0) is 12.0 Å². The maximum atomic E-state index is 6.18. The van der Waals surface area contributed by atoms with Gasteiger partial charge in [-0.2, -0.15) is 0 Å². The molecule has 1 aromatic carbocycles. The van der Waals surface area contributed by atoms with Crippen molar-refractivity contribution in [2.75, 3.05) is 11.9 Å². The molecule has 0 saturated carbocycles. The van der Waals surface area contributed by atoms with Gasteiger partial charge < -0.3 is 10.1 Å². The highest BCUT2D eigenvalue weighted by atomic mass is 35.5. The second-order valence-corrected chi connectivity index (χ2v) is 7.34. The van der Waals surface area contributed by atoms with Gasteiger partial charge in [-0.05, 0) is 25.1 Å². The number of ether oxygens (including phenoxy) is 1. The summed E-state index contributed by atoms with van der Waals surface area (Å²) in [4.78, 5) is 5.70. The first-order chi connectivity index (χ1) is 9.90. The molecular formula is C16H21ClN2OS. The summed E-state index contributed by atoms with van der Waals surface area (Å²) in [7, 11) is 0. The summed E-state index contributed by atoms with van der Waals surface area (Å²) in [5, 5.41) is 5.15. The summed E-state index contributed by atoms with van der Waals surface area (Å²) in [6.45, 7) is 9.83. The maximum Gasteiger partial charge on any atom is 0.138 e. The lowest BCUT2D eigenvalue weighted by Gasteiger charge is -2.13. The van der Waals surface area contributed by atoms with Gasteiger partial charge in [0, 0.05) is 22.2 Å². The van der Waals surface area contributed by atoms with Crippen molar-refractivity contribution in [2.45, 2.75) is 39.7 Å². The van der Waals surface area contributed by atoms with Crippen molar-refractivity contribution in [1.29, 1.82) is 0 Å². The standard InChI is InChI=1S/C16H21ClN2OS/c1-5-20-14-7-6-11(8-13(14)17)18-9-12-10-19-15(21-12)16(2,3)4/h6-8,10,18H,5,9H2,1-4H3. The van der Waals surface area contributed by atoms with Crippen LogP contribution >= 0.6 is 22.9 Å². The normalized spacial score (nSPS) is 11.5. The molecule has 1 heterocycles. The number of nitrogens with one attached hydrogen (secondary N) is 1. The van der Waals surface area contributed by atoms with Gasteiger partial charge in [0.1, 0.15) is 5.75 Å². The third kappa shape index (κ3) is 4.35. The number of benzene rings is 1. The number of hydrogen-bond acceptors (Lipinski definition) is 4. The van der Waals surface area contributed by atoms with Gasteiger partial charge >= 0.3 is 0 Å². The van der Waals surface area contributed by atoms with Crippen LogP contribution < -0.4 is 10.1 Å². The molecule has 0 aliphatic heterocycles. The Morgan fingerprint density at radius 3 is 2.67 bits per heavy atom. The van der Waals surface area contributed by atoms with Crippen molar-refractivity contribution in [2.24, 2.45) is 0 Å². The number of hydrogen-bond donors (Lipinski definition) is 1. The Morgan fingerprint density at radius 1 is 1.33 bits per heavy atom. The van der Waals surface area contributed by atoms with Gasteiger partial charge in [0.05, 0.1) is 23.2 Å². The number of halogens is 1. The van der Waals surface area contributed by atoms with Crippen LogP contribution in [0.15, 0.2) is 24.4 Å². The SMILES string of the molecule is CCOc1ccc(NCc2cnc(C(C)(C)C)s2)cc1Cl. The van der Waals surface area contributed by atoms with Gasteiger partial charge in [0.2, 0.25) is 0 Å². The lowest BCUT2D eigenvalue weighted by atomic mass is 9.98. The van der Waals surface area contributed by atoms with E-state index in [-0.39, 0.29) is 5.41 Å². The molecule has 1 aromatic heterocycles. The van der Waals surface area contributed by atoms with Crippen molar-refractivity contribution in [3.8, 4) is 5.75 Å². The molecule has 0 saturated heterocycles. The molecule has 0 radical (unpaired) electrons. The van der Waals surface area contributed by atoms with Crippen molar-refractivity contribution >= 4 is 28.6 Å². The zero-order valence-corrected chi connectivity index (χ0v) is 14.4. The van der Waals surface area contributed by atoms with E-state index >= 15 is 0 Å². The Balaban J connectivity index is 2.00. The minimum atomic E-state index is 0.103. The van der Waals surface area contributed by atoms with Gasteiger partial charge in [0.15, 0.2) is 0 Å². The van der Waals surface area contributed by atoms with Crippen LogP contribution in [0.5, 0.6) is 5.75 Å².